The summed E-state index contributed by atoms with van der Waals surface area (Å²) in [7, 11) is 2.33. The summed E-state index contributed by atoms with van der Waals surface area (Å²) in [5.41, 5.74) is 0. The lowest BCUT2D eigenvalue weighted by Crippen LogP contribution is -2.30. The van der Waals surface area contributed by atoms with Crippen molar-refractivity contribution in [2.75, 3.05) is 20.1 Å². The molecule has 0 rings (SSSR count). The number of hydrogen-bond donors (Lipinski definition) is 0. The van der Waals surface area contributed by atoms with Crippen molar-refractivity contribution in [1.82, 2.24) is 4.90 Å². The van der Waals surface area contributed by atoms with Crippen LogP contribution < -0.4 is 0 Å². The fourth-order valence-electron chi connectivity index (χ4n) is 3.24. The Labute approximate surface area is 116 Å². The standard InChI is InChI=1S/C17H37N/c1-6-10-16(11-7-2)14-18(5)15-17(12-8-3)13-9-4/h16-17H,6-15H2,1-5H3. The average molecular weight is 255 g/mol. The summed E-state index contributed by atoms with van der Waals surface area (Å²) in [4.78, 5) is 2.60. The maximum Gasteiger partial charge on any atom is 0.000672 e. The van der Waals surface area contributed by atoms with Crippen LogP contribution in [0.15, 0.2) is 0 Å². The summed E-state index contributed by atoms with van der Waals surface area (Å²) < 4.78 is 0. The first-order valence-electron chi connectivity index (χ1n) is 8.36. The molecular weight excluding hydrogens is 218 g/mol. The molecule has 0 aromatic rings. The highest BCUT2D eigenvalue weighted by atomic mass is 15.1. The SMILES string of the molecule is CCCC(CCC)CN(C)CC(CCC)CCC. The van der Waals surface area contributed by atoms with E-state index >= 15 is 0 Å². The van der Waals surface area contributed by atoms with Crippen LogP contribution in [-0.4, -0.2) is 25.0 Å². The van der Waals surface area contributed by atoms with E-state index in [-0.39, 0.29) is 0 Å². The normalized spacial score (nSPS) is 12.0. The molecule has 0 aromatic carbocycles. The van der Waals surface area contributed by atoms with Gasteiger partial charge in [0.25, 0.3) is 0 Å². The summed E-state index contributed by atoms with van der Waals surface area (Å²) in [6.07, 6.45) is 11.0. The predicted molar refractivity (Wildman–Crippen MR) is 84.1 cm³/mol. The Morgan fingerprint density at radius 3 is 1.11 bits per heavy atom. The highest BCUT2D eigenvalue weighted by Gasteiger charge is 2.14. The molecule has 0 aliphatic rings. The zero-order chi connectivity index (χ0) is 13.8. The second-order valence-electron chi connectivity index (χ2n) is 6.11. The van der Waals surface area contributed by atoms with Gasteiger partial charge in [-0.1, -0.05) is 53.4 Å². The first kappa shape index (κ1) is 18.0. The molecule has 1 heteroatoms. The highest BCUT2D eigenvalue weighted by Crippen LogP contribution is 2.18. The first-order chi connectivity index (χ1) is 8.67. The molecular formula is C17H37N. The maximum atomic E-state index is 2.60. The van der Waals surface area contributed by atoms with Crippen LogP contribution in [0.5, 0.6) is 0 Å². The summed E-state index contributed by atoms with van der Waals surface area (Å²) in [6.45, 7) is 11.9. The van der Waals surface area contributed by atoms with Crippen molar-refractivity contribution in [2.45, 2.75) is 79.1 Å². The van der Waals surface area contributed by atoms with Crippen molar-refractivity contribution in [1.29, 1.82) is 0 Å². The molecule has 110 valence electrons. The van der Waals surface area contributed by atoms with Crippen LogP contribution in [0.4, 0.5) is 0 Å². The summed E-state index contributed by atoms with van der Waals surface area (Å²) in [5, 5.41) is 0. The third-order valence-electron chi connectivity index (χ3n) is 3.93. The van der Waals surface area contributed by atoms with Gasteiger partial charge >= 0.3 is 0 Å². The molecule has 0 unspecified atom stereocenters. The number of rotatable bonds is 12. The van der Waals surface area contributed by atoms with Crippen molar-refractivity contribution < 1.29 is 0 Å². The fourth-order valence-corrected chi connectivity index (χ4v) is 3.24. The number of hydrogen-bond acceptors (Lipinski definition) is 1. The van der Waals surface area contributed by atoms with Gasteiger partial charge in [-0.25, -0.2) is 0 Å². The van der Waals surface area contributed by atoms with Gasteiger partial charge in [0.2, 0.25) is 0 Å². The lowest BCUT2D eigenvalue weighted by molar-refractivity contribution is 0.211. The van der Waals surface area contributed by atoms with Gasteiger partial charge in [-0.3, -0.25) is 0 Å². The largest absolute Gasteiger partial charge is 0.306 e. The van der Waals surface area contributed by atoms with Gasteiger partial charge in [0.1, 0.15) is 0 Å². The van der Waals surface area contributed by atoms with Gasteiger partial charge in [0.05, 0.1) is 0 Å². The van der Waals surface area contributed by atoms with Crippen LogP contribution in [-0.2, 0) is 0 Å². The van der Waals surface area contributed by atoms with Crippen LogP contribution >= 0.6 is 0 Å². The Morgan fingerprint density at radius 2 is 0.889 bits per heavy atom. The van der Waals surface area contributed by atoms with Gasteiger partial charge in [-0.2, -0.15) is 0 Å². The molecule has 0 spiro atoms. The molecule has 0 heterocycles. The molecule has 0 bridgehead atoms. The van der Waals surface area contributed by atoms with E-state index in [2.05, 4.69) is 39.6 Å². The van der Waals surface area contributed by atoms with Crippen molar-refractivity contribution in [3.63, 3.8) is 0 Å². The van der Waals surface area contributed by atoms with Crippen molar-refractivity contribution in [2.24, 2.45) is 11.8 Å². The van der Waals surface area contributed by atoms with E-state index < -0.39 is 0 Å². The Bertz CT molecular complexity index is 137. The van der Waals surface area contributed by atoms with E-state index in [1.165, 1.54) is 64.5 Å². The summed E-state index contributed by atoms with van der Waals surface area (Å²) >= 11 is 0. The van der Waals surface area contributed by atoms with Gasteiger partial charge in [-0.15, -0.1) is 0 Å². The van der Waals surface area contributed by atoms with Crippen LogP contribution in [0.25, 0.3) is 0 Å². The van der Waals surface area contributed by atoms with Crippen molar-refractivity contribution in [3.05, 3.63) is 0 Å². The van der Waals surface area contributed by atoms with E-state index in [0.29, 0.717) is 0 Å². The highest BCUT2D eigenvalue weighted by molar-refractivity contribution is 4.68. The molecule has 0 saturated carbocycles. The minimum atomic E-state index is 0.925. The quantitative estimate of drug-likeness (QED) is 0.454. The maximum absolute atomic E-state index is 2.60. The van der Waals surface area contributed by atoms with E-state index in [4.69, 9.17) is 0 Å². The van der Waals surface area contributed by atoms with E-state index in [1.54, 1.807) is 0 Å². The first-order valence-corrected chi connectivity index (χ1v) is 8.36. The third kappa shape index (κ3) is 8.97. The summed E-state index contributed by atoms with van der Waals surface area (Å²) in [6, 6.07) is 0. The number of nitrogens with zero attached hydrogens (tertiary/aromatic N) is 1. The molecule has 0 radical (unpaired) electrons. The zero-order valence-electron chi connectivity index (χ0n) is 13.7. The Hall–Kier alpha value is -0.0400. The lowest BCUT2D eigenvalue weighted by atomic mass is 9.95. The monoisotopic (exact) mass is 255 g/mol. The molecule has 0 N–H and O–H groups in total. The molecule has 0 atom stereocenters. The smallest absolute Gasteiger partial charge is 0.000672 e. The second kappa shape index (κ2) is 12.0. The molecule has 18 heavy (non-hydrogen) atoms. The van der Waals surface area contributed by atoms with Gasteiger partial charge in [0.15, 0.2) is 0 Å². The Balaban J connectivity index is 4.05. The predicted octanol–water partition coefficient (Wildman–Crippen LogP) is 5.35. The zero-order valence-corrected chi connectivity index (χ0v) is 13.7. The van der Waals surface area contributed by atoms with E-state index in [1.807, 2.05) is 0 Å². The lowest BCUT2D eigenvalue weighted by Gasteiger charge is -2.27. The van der Waals surface area contributed by atoms with Gasteiger partial charge in [0, 0.05) is 13.1 Å². The molecule has 1 nitrogen and oxygen atoms in total. The van der Waals surface area contributed by atoms with Crippen LogP contribution in [0.3, 0.4) is 0 Å². The minimum absolute atomic E-state index is 0.925. The van der Waals surface area contributed by atoms with E-state index in [9.17, 15) is 0 Å². The Morgan fingerprint density at radius 1 is 0.611 bits per heavy atom. The topological polar surface area (TPSA) is 3.24 Å². The van der Waals surface area contributed by atoms with Crippen molar-refractivity contribution in [3.8, 4) is 0 Å². The molecule has 0 aromatic heterocycles. The van der Waals surface area contributed by atoms with Crippen LogP contribution in [0.1, 0.15) is 79.1 Å². The van der Waals surface area contributed by atoms with Crippen LogP contribution in [0.2, 0.25) is 0 Å². The van der Waals surface area contributed by atoms with Gasteiger partial charge < -0.3 is 4.90 Å². The second-order valence-corrected chi connectivity index (χ2v) is 6.11. The Kier molecular flexibility index (Phi) is 12.0. The average Bonchev–Trinajstić information content (AvgIpc) is 2.30. The fraction of sp³-hybridized carbons (Fsp3) is 1.00. The molecule has 0 saturated heterocycles. The third-order valence-corrected chi connectivity index (χ3v) is 3.93. The minimum Gasteiger partial charge on any atom is -0.306 e. The molecule has 0 aliphatic heterocycles. The summed E-state index contributed by atoms with van der Waals surface area (Å²) in [5.74, 6) is 1.85. The van der Waals surface area contributed by atoms with E-state index in [0.717, 1.165) is 11.8 Å². The van der Waals surface area contributed by atoms with Gasteiger partial charge in [-0.05, 0) is 44.6 Å². The molecule has 0 fully saturated rings. The van der Waals surface area contributed by atoms with Crippen LogP contribution in [0, 0.1) is 11.8 Å². The molecule has 0 amide bonds. The van der Waals surface area contributed by atoms with Crippen molar-refractivity contribution >= 4 is 0 Å². The molecule has 0 aliphatic carbocycles.